The lowest BCUT2D eigenvalue weighted by molar-refractivity contribution is 0.261. The summed E-state index contributed by atoms with van der Waals surface area (Å²) < 4.78 is 4.85. The zero-order chi connectivity index (χ0) is 12.3. The summed E-state index contributed by atoms with van der Waals surface area (Å²) in [6, 6.07) is 8.06. The molecule has 0 aliphatic rings. The zero-order valence-corrected chi connectivity index (χ0v) is 9.78. The average Bonchev–Trinajstić information content (AvgIpc) is 2.63. The van der Waals surface area contributed by atoms with Gasteiger partial charge in [-0.15, -0.1) is 0 Å². The standard InChI is InChI=1S/C11H10ClN3O2/c1-7-5-10(17-15-7)14-11(16)13-9-4-2-3-8(12)6-9/h2-6H,1H3,(H2,13,14,16). The van der Waals surface area contributed by atoms with E-state index in [4.69, 9.17) is 16.1 Å². The molecular formula is C11H10ClN3O2. The SMILES string of the molecule is Cc1cc(NC(=O)Nc2cccc(Cl)c2)on1. The molecule has 2 amide bonds. The van der Waals surface area contributed by atoms with Crippen LogP contribution in [0.5, 0.6) is 0 Å². The van der Waals surface area contributed by atoms with Gasteiger partial charge in [-0.25, -0.2) is 4.79 Å². The van der Waals surface area contributed by atoms with Crippen molar-refractivity contribution in [3.63, 3.8) is 0 Å². The van der Waals surface area contributed by atoms with E-state index < -0.39 is 6.03 Å². The van der Waals surface area contributed by atoms with Crippen LogP contribution in [0.4, 0.5) is 16.4 Å². The minimum atomic E-state index is -0.414. The molecule has 2 N–H and O–H groups in total. The summed E-state index contributed by atoms with van der Waals surface area (Å²) in [6.45, 7) is 1.77. The normalized spacial score (nSPS) is 10.0. The Hall–Kier alpha value is -2.01. The van der Waals surface area contributed by atoms with Crippen molar-refractivity contribution in [2.45, 2.75) is 6.92 Å². The first kappa shape index (κ1) is 11.5. The van der Waals surface area contributed by atoms with Crippen LogP contribution in [-0.4, -0.2) is 11.2 Å². The molecular weight excluding hydrogens is 242 g/mol. The van der Waals surface area contributed by atoms with E-state index >= 15 is 0 Å². The molecule has 88 valence electrons. The van der Waals surface area contributed by atoms with Crippen LogP contribution in [0.2, 0.25) is 5.02 Å². The quantitative estimate of drug-likeness (QED) is 0.861. The van der Waals surface area contributed by atoms with E-state index in [0.29, 0.717) is 22.3 Å². The van der Waals surface area contributed by atoms with Crippen molar-refractivity contribution in [3.05, 3.63) is 41.0 Å². The highest BCUT2D eigenvalue weighted by molar-refractivity contribution is 6.30. The lowest BCUT2D eigenvalue weighted by Crippen LogP contribution is -2.18. The Morgan fingerprint density at radius 3 is 2.82 bits per heavy atom. The summed E-state index contributed by atoms with van der Waals surface area (Å²) in [5.74, 6) is 0.294. The number of nitrogens with one attached hydrogen (secondary N) is 2. The topological polar surface area (TPSA) is 67.2 Å². The second-order valence-corrected chi connectivity index (χ2v) is 3.86. The van der Waals surface area contributed by atoms with Crippen molar-refractivity contribution >= 4 is 29.2 Å². The highest BCUT2D eigenvalue weighted by atomic mass is 35.5. The van der Waals surface area contributed by atoms with Crippen LogP contribution < -0.4 is 10.6 Å². The highest BCUT2D eigenvalue weighted by Crippen LogP contribution is 2.15. The van der Waals surface area contributed by atoms with Crippen LogP contribution in [0.1, 0.15) is 5.69 Å². The number of hydrogen-bond donors (Lipinski definition) is 2. The van der Waals surface area contributed by atoms with Gasteiger partial charge in [-0.2, -0.15) is 0 Å². The largest absolute Gasteiger partial charge is 0.338 e. The molecule has 17 heavy (non-hydrogen) atoms. The molecule has 0 atom stereocenters. The number of aromatic nitrogens is 1. The highest BCUT2D eigenvalue weighted by Gasteiger charge is 2.06. The minimum Gasteiger partial charge on any atom is -0.338 e. The molecule has 0 unspecified atom stereocenters. The number of amides is 2. The monoisotopic (exact) mass is 251 g/mol. The number of carbonyl (C=O) groups excluding carboxylic acids is 1. The van der Waals surface area contributed by atoms with Crippen LogP contribution in [0.15, 0.2) is 34.9 Å². The maximum Gasteiger partial charge on any atom is 0.326 e. The summed E-state index contributed by atoms with van der Waals surface area (Å²) in [5, 5.41) is 9.33. The van der Waals surface area contributed by atoms with E-state index in [2.05, 4.69) is 15.8 Å². The average molecular weight is 252 g/mol. The molecule has 1 aromatic heterocycles. The fraction of sp³-hybridized carbons (Fsp3) is 0.0909. The van der Waals surface area contributed by atoms with E-state index in [0.717, 1.165) is 0 Å². The molecule has 2 rings (SSSR count). The lowest BCUT2D eigenvalue weighted by Gasteiger charge is -2.04. The smallest absolute Gasteiger partial charge is 0.326 e. The second kappa shape index (κ2) is 4.88. The summed E-state index contributed by atoms with van der Waals surface area (Å²) in [5.41, 5.74) is 1.30. The molecule has 0 saturated carbocycles. The Labute approximate surface area is 103 Å². The summed E-state index contributed by atoms with van der Waals surface area (Å²) in [7, 11) is 0. The molecule has 0 aliphatic heterocycles. The number of rotatable bonds is 2. The van der Waals surface area contributed by atoms with E-state index in [9.17, 15) is 4.79 Å². The van der Waals surface area contributed by atoms with E-state index in [1.165, 1.54) is 0 Å². The molecule has 1 heterocycles. The first-order valence-corrected chi connectivity index (χ1v) is 5.28. The van der Waals surface area contributed by atoms with Gasteiger partial charge < -0.3 is 9.84 Å². The van der Waals surface area contributed by atoms with Gasteiger partial charge in [0.1, 0.15) is 0 Å². The Morgan fingerprint density at radius 1 is 1.35 bits per heavy atom. The second-order valence-electron chi connectivity index (χ2n) is 3.42. The molecule has 6 heteroatoms. The number of nitrogens with zero attached hydrogens (tertiary/aromatic N) is 1. The molecule has 0 bridgehead atoms. The van der Waals surface area contributed by atoms with Crippen LogP contribution in [0.3, 0.4) is 0 Å². The van der Waals surface area contributed by atoms with Crippen LogP contribution in [0.25, 0.3) is 0 Å². The van der Waals surface area contributed by atoms with E-state index in [1.807, 2.05) is 0 Å². The number of hydrogen-bond acceptors (Lipinski definition) is 3. The van der Waals surface area contributed by atoms with Gasteiger partial charge in [-0.3, -0.25) is 5.32 Å². The maximum absolute atomic E-state index is 11.5. The molecule has 0 spiro atoms. The molecule has 5 nitrogen and oxygen atoms in total. The van der Waals surface area contributed by atoms with Gasteiger partial charge in [0.2, 0.25) is 5.88 Å². The minimum absolute atomic E-state index is 0.294. The predicted molar refractivity (Wildman–Crippen MR) is 65.3 cm³/mol. The van der Waals surface area contributed by atoms with Crippen molar-refractivity contribution < 1.29 is 9.32 Å². The maximum atomic E-state index is 11.5. The van der Waals surface area contributed by atoms with Crippen molar-refractivity contribution in [1.29, 1.82) is 0 Å². The first-order chi connectivity index (χ1) is 8.13. The fourth-order valence-electron chi connectivity index (χ4n) is 1.26. The molecule has 0 saturated heterocycles. The molecule has 0 fully saturated rings. The number of anilines is 2. The Bertz CT molecular complexity index is 539. The number of urea groups is 1. The summed E-state index contributed by atoms with van der Waals surface area (Å²) >= 11 is 5.79. The van der Waals surface area contributed by atoms with Crippen LogP contribution in [0, 0.1) is 6.92 Å². The van der Waals surface area contributed by atoms with Crippen molar-refractivity contribution in [1.82, 2.24) is 5.16 Å². The molecule has 1 aromatic carbocycles. The van der Waals surface area contributed by atoms with Crippen LogP contribution >= 0.6 is 11.6 Å². The molecule has 0 radical (unpaired) electrons. The van der Waals surface area contributed by atoms with E-state index in [1.54, 1.807) is 37.3 Å². The van der Waals surface area contributed by atoms with Gasteiger partial charge in [0.15, 0.2) is 0 Å². The van der Waals surface area contributed by atoms with E-state index in [-0.39, 0.29) is 0 Å². The van der Waals surface area contributed by atoms with Gasteiger partial charge in [0.25, 0.3) is 0 Å². The number of halogens is 1. The summed E-state index contributed by atoms with van der Waals surface area (Å²) in [4.78, 5) is 11.5. The summed E-state index contributed by atoms with van der Waals surface area (Å²) in [6.07, 6.45) is 0. The van der Waals surface area contributed by atoms with Crippen molar-refractivity contribution in [2.75, 3.05) is 10.6 Å². The van der Waals surface area contributed by atoms with Crippen molar-refractivity contribution in [3.8, 4) is 0 Å². The number of aryl methyl sites for hydroxylation is 1. The predicted octanol–water partition coefficient (Wildman–Crippen LogP) is 3.28. The Morgan fingerprint density at radius 2 is 2.18 bits per heavy atom. The van der Waals surface area contributed by atoms with Crippen molar-refractivity contribution in [2.24, 2.45) is 0 Å². The Kier molecular flexibility index (Phi) is 3.30. The third kappa shape index (κ3) is 3.22. The number of benzene rings is 1. The first-order valence-electron chi connectivity index (χ1n) is 4.90. The third-order valence-electron chi connectivity index (χ3n) is 1.95. The van der Waals surface area contributed by atoms with Gasteiger partial charge in [0, 0.05) is 16.8 Å². The van der Waals surface area contributed by atoms with Gasteiger partial charge in [-0.05, 0) is 25.1 Å². The molecule has 0 aliphatic carbocycles. The van der Waals surface area contributed by atoms with Gasteiger partial charge >= 0.3 is 6.03 Å². The Balaban J connectivity index is 1.98. The third-order valence-corrected chi connectivity index (χ3v) is 2.18. The zero-order valence-electron chi connectivity index (χ0n) is 9.03. The van der Waals surface area contributed by atoms with Crippen LogP contribution in [-0.2, 0) is 0 Å². The van der Waals surface area contributed by atoms with Gasteiger partial charge in [-0.1, -0.05) is 22.8 Å². The lowest BCUT2D eigenvalue weighted by atomic mass is 10.3. The van der Waals surface area contributed by atoms with Gasteiger partial charge in [0.05, 0.1) is 5.69 Å². The molecule has 2 aromatic rings. The fourth-order valence-corrected chi connectivity index (χ4v) is 1.45. The number of carbonyl (C=O) groups is 1.